The highest BCUT2D eigenvalue weighted by Crippen LogP contribution is 2.43. The van der Waals surface area contributed by atoms with Crippen LogP contribution >= 0.6 is 0 Å². The minimum absolute atomic E-state index is 0.0737. The summed E-state index contributed by atoms with van der Waals surface area (Å²) in [6.45, 7) is 8.14. The number of nitrogens with one attached hydrogen (secondary N) is 1. The summed E-state index contributed by atoms with van der Waals surface area (Å²) in [6, 6.07) is 5.95. The number of hydrogen-bond donors (Lipinski definition) is 2. The molecule has 22 heavy (non-hydrogen) atoms. The number of aliphatic hydroxyl groups is 1. The molecule has 0 bridgehead atoms. The second-order valence-electron chi connectivity index (χ2n) is 6.44. The molecular weight excluding hydrogens is 280 g/mol. The van der Waals surface area contributed by atoms with Crippen LogP contribution in [0.5, 0.6) is 11.5 Å². The molecular formula is C17H28N2O3. The number of ether oxygens (including phenoxy) is 2. The Morgan fingerprint density at radius 3 is 2.45 bits per heavy atom. The van der Waals surface area contributed by atoms with Crippen molar-refractivity contribution in [3.63, 3.8) is 0 Å². The van der Waals surface area contributed by atoms with E-state index in [4.69, 9.17) is 9.47 Å². The molecule has 5 nitrogen and oxygen atoms in total. The smallest absolute Gasteiger partial charge is 0.123 e. The van der Waals surface area contributed by atoms with Gasteiger partial charge in [-0.15, -0.1) is 0 Å². The van der Waals surface area contributed by atoms with Crippen molar-refractivity contribution in [1.29, 1.82) is 0 Å². The molecule has 2 N–H and O–H groups in total. The van der Waals surface area contributed by atoms with Crippen LogP contribution in [-0.4, -0.2) is 57.0 Å². The number of piperazine rings is 1. The molecule has 0 aliphatic carbocycles. The summed E-state index contributed by atoms with van der Waals surface area (Å²) in [7, 11) is 3.36. The Kier molecular flexibility index (Phi) is 5.67. The number of hydrogen-bond acceptors (Lipinski definition) is 5. The van der Waals surface area contributed by atoms with E-state index in [0.29, 0.717) is 0 Å². The normalized spacial score (nSPS) is 18.0. The first-order chi connectivity index (χ1) is 10.5. The molecule has 0 radical (unpaired) electrons. The van der Waals surface area contributed by atoms with Crippen LogP contribution in [0, 0.1) is 5.41 Å². The zero-order valence-corrected chi connectivity index (χ0v) is 14.1. The van der Waals surface area contributed by atoms with Crippen molar-refractivity contribution in [2.75, 3.05) is 47.0 Å². The monoisotopic (exact) mass is 308 g/mol. The Labute approximate surface area is 133 Å². The molecule has 124 valence electrons. The van der Waals surface area contributed by atoms with Gasteiger partial charge in [0.2, 0.25) is 0 Å². The molecule has 1 aromatic rings. The molecule has 0 amide bonds. The van der Waals surface area contributed by atoms with Crippen molar-refractivity contribution >= 4 is 0 Å². The molecule has 0 aromatic heterocycles. The highest BCUT2D eigenvalue weighted by molar-refractivity contribution is 5.43. The van der Waals surface area contributed by atoms with E-state index < -0.39 is 0 Å². The van der Waals surface area contributed by atoms with E-state index in [1.807, 2.05) is 18.2 Å². The standard InChI is InChI=1S/C17H28N2O3/c1-17(2,12-20)16(19-9-7-18-8-10-19)14-11-13(21-3)5-6-15(14)22-4/h5-6,11,16,18,20H,7-10,12H2,1-4H3/t16-/m0/s1. The zero-order valence-electron chi connectivity index (χ0n) is 14.1. The third-order valence-corrected chi connectivity index (χ3v) is 4.40. The second kappa shape index (κ2) is 7.31. The lowest BCUT2D eigenvalue weighted by atomic mass is 9.79. The van der Waals surface area contributed by atoms with E-state index in [9.17, 15) is 5.11 Å². The lowest BCUT2D eigenvalue weighted by molar-refractivity contribution is 0.0292. The quantitative estimate of drug-likeness (QED) is 0.837. The van der Waals surface area contributed by atoms with Crippen molar-refractivity contribution in [3.05, 3.63) is 23.8 Å². The summed E-state index contributed by atoms with van der Waals surface area (Å²) in [6.07, 6.45) is 0. The van der Waals surface area contributed by atoms with Gasteiger partial charge in [-0.05, 0) is 18.2 Å². The molecule has 1 fully saturated rings. The summed E-state index contributed by atoms with van der Waals surface area (Å²) >= 11 is 0. The largest absolute Gasteiger partial charge is 0.497 e. The molecule has 1 aliphatic heterocycles. The Hall–Kier alpha value is -1.30. The maximum atomic E-state index is 9.93. The summed E-state index contributed by atoms with van der Waals surface area (Å²) in [5.74, 6) is 1.65. The number of methoxy groups -OCH3 is 2. The Balaban J connectivity index is 2.47. The maximum Gasteiger partial charge on any atom is 0.123 e. The van der Waals surface area contributed by atoms with Gasteiger partial charge in [0.05, 0.1) is 14.2 Å². The topological polar surface area (TPSA) is 54.0 Å². The zero-order chi connectivity index (χ0) is 16.2. The third kappa shape index (κ3) is 3.54. The Morgan fingerprint density at radius 2 is 1.91 bits per heavy atom. The van der Waals surface area contributed by atoms with Crippen molar-refractivity contribution in [3.8, 4) is 11.5 Å². The van der Waals surface area contributed by atoms with Crippen molar-refractivity contribution < 1.29 is 14.6 Å². The average Bonchev–Trinajstić information content (AvgIpc) is 2.55. The molecule has 1 aliphatic rings. The highest BCUT2D eigenvalue weighted by atomic mass is 16.5. The van der Waals surface area contributed by atoms with Gasteiger partial charge in [0.15, 0.2) is 0 Å². The van der Waals surface area contributed by atoms with Gasteiger partial charge in [0.1, 0.15) is 11.5 Å². The summed E-state index contributed by atoms with van der Waals surface area (Å²) in [5, 5.41) is 13.3. The molecule has 2 rings (SSSR count). The minimum atomic E-state index is -0.281. The first-order valence-corrected chi connectivity index (χ1v) is 7.81. The van der Waals surface area contributed by atoms with Gasteiger partial charge in [0.25, 0.3) is 0 Å². The number of aliphatic hydroxyl groups excluding tert-OH is 1. The maximum absolute atomic E-state index is 9.93. The van der Waals surface area contributed by atoms with Crippen LogP contribution in [-0.2, 0) is 0 Å². The van der Waals surface area contributed by atoms with Gasteiger partial charge in [0, 0.05) is 49.8 Å². The van der Waals surface area contributed by atoms with Crippen LogP contribution in [0.1, 0.15) is 25.5 Å². The van der Waals surface area contributed by atoms with Crippen LogP contribution in [0.4, 0.5) is 0 Å². The van der Waals surface area contributed by atoms with Crippen molar-refractivity contribution in [1.82, 2.24) is 10.2 Å². The second-order valence-corrected chi connectivity index (χ2v) is 6.44. The Morgan fingerprint density at radius 1 is 1.23 bits per heavy atom. The van der Waals surface area contributed by atoms with Gasteiger partial charge in [-0.3, -0.25) is 4.90 Å². The van der Waals surface area contributed by atoms with E-state index in [1.54, 1.807) is 14.2 Å². The lowest BCUT2D eigenvalue weighted by Gasteiger charge is -2.43. The molecule has 1 atom stereocenters. The lowest BCUT2D eigenvalue weighted by Crippen LogP contribution is -2.49. The number of rotatable bonds is 6. The predicted molar refractivity (Wildman–Crippen MR) is 87.6 cm³/mol. The van der Waals surface area contributed by atoms with Crippen LogP contribution in [0.15, 0.2) is 18.2 Å². The molecule has 0 spiro atoms. The van der Waals surface area contributed by atoms with E-state index in [0.717, 1.165) is 43.2 Å². The molecule has 0 saturated carbocycles. The van der Waals surface area contributed by atoms with E-state index >= 15 is 0 Å². The first-order valence-electron chi connectivity index (χ1n) is 7.81. The number of nitrogens with zero attached hydrogens (tertiary/aromatic N) is 1. The molecule has 5 heteroatoms. The van der Waals surface area contributed by atoms with Gasteiger partial charge >= 0.3 is 0 Å². The van der Waals surface area contributed by atoms with Crippen molar-refractivity contribution in [2.45, 2.75) is 19.9 Å². The van der Waals surface area contributed by atoms with Gasteiger partial charge in [-0.2, -0.15) is 0 Å². The van der Waals surface area contributed by atoms with Gasteiger partial charge in [-0.1, -0.05) is 13.8 Å². The SMILES string of the molecule is COc1ccc(OC)c([C@H](N2CCNCC2)C(C)(C)CO)c1. The molecule has 1 saturated heterocycles. The molecule has 1 heterocycles. The predicted octanol–water partition coefficient (Wildman–Crippen LogP) is 1.67. The third-order valence-electron chi connectivity index (χ3n) is 4.40. The summed E-state index contributed by atoms with van der Waals surface area (Å²) in [4.78, 5) is 2.42. The van der Waals surface area contributed by atoms with E-state index in [1.165, 1.54) is 0 Å². The van der Waals surface area contributed by atoms with E-state index in [2.05, 4.69) is 24.1 Å². The summed E-state index contributed by atoms with van der Waals surface area (Å²) < 4.78 is 11.0. The first kappa shape index (κ1) is 17.1. The fourth-order valence-corrected chi connectivity index (χ4v) is 3.19. The average molecular weight is 308 g/mol. The Bertz CT molecular complexity index is 485. The van der Waals surface area contributed by atoms with Gasteiger partial charge in [-0.25, -0.2) is 0 Å². The van der Waals surface area contributed by atoms with Crippen LogP contribution in [0.25, 0.3) is 0 Å². The van der Waals surface area contributed by atoms with Crippen LogP contribution < -0.4 is 14.8 Å². The number of benzene rings is 1. The fourth-order valence-electron chi connectivity index (χ4n) is 3.19. The van der Waals surface area contributed by atoms with E-state index in [-0.39, 0.29) is 18.1 Å². The molecule has 0 unspecified atom stereocenters. The highest BCUT2D eigenvalue weighted by Gasteiger charge is 2.37. The van der Waals surface area contributed by atoms with Crippen LogP contribution in [0.3, 0.4) is 0 Å². The minimum Gasteiger partial charge on any atom is -0.497 e. The molecule has 1 aromatic carbocycles. The summed E-state index contributed by atoms with van der Waals surface area (Å²) in [5.41, 5.74) is 0.791. The van der Waals surface area contributed by atoms with Gasteiger partial charge < -0.3 is 19.9 Å². The fraction of sp³-hybridized carbons (Fsp3) is 0.647. The van der Waals surface area contributed by atoms with Crippen LogP contribution in [0.2, 0.25) is 0 Å². The van der Waals surface area contributed by atoms with Crippen molar-refractivity contribution in [2.24, 2.45) is 5.41 Å².